The minimum atomic E-state index is -0.702. The van der Waals surface area contributed by atoms with Gasteiger partial charge in [-0.25, -0.2) is 4.98 Å². The lowest BCUT2D eigenvalue weighted by atomic mass is 10.1. The maximum Gasteiger partial charge on any atom is 0.246 e. The van der Waals surface area contributed by atoms with Gasteiger partial charge >= 0.3 is 0 Å². The summed E-state index contributed by atoms with van der Waals surface area (Å²) in [4.78, 5) is 28.5. The van der Waals surface area contributed by atoms with Gasteiger partial charge < -0.3 is 15.2 Å². The van der Waals surface area contributed by atoms with Gasteiger partial charge in [-0.15, -0.1) is 0 Å². The first kappa shape index (κ1) is 15.8. The van der Waals surface area contributed by atoms with Crippen LogP contribution < -0.4 is 10.6 Å². The number of amides is 2. The van der Waals surface area contributed by atoms with Crippen LogP contribution in [-0.2, 0) is 22.6 Å². The average molecular weight is 300 g/mol. The molecule has 0 bridgehead atoms. The fraction of sp³-hybridized carbons (Fsp3) is 0.312. The van der Waals surface area contributed by atoms with E-state index in [0.29, 0.717) is 0 Å². The Kier molecular flexibility index (Phi) is 5.30. The number of imidazole rings is 1. The van der Waals surface area contributed by atoms with Crippen LogP contribution in [0.25, 0.3) is 0 Å². The molecule has 0 fully saturated rings. The van der Waals surface area contributed by atoms with E-state index >= 15 is 0 Å². The van der Waals surface area contributed by atoms with Crippen molar-refractivity contribution in [2.24, 2.45) is 0 Å². The summed E-state index contributed by atoms with van der Waals surface area (Å²) >= 11 is 0. The molecule has 0 aliphatic heterocycles. The molecule has 1 atom stereocenters. The lowest BCUT2D eigenvalue weighted by molar-refractivity contribution is -0.129. The van der Waals surface area contributed by atoms with Crippen molar-refractivity contribution >= 4 is 11.8 Å². The van der Waals surface area contributed by atoms with Crippen LogP contribution in [0.3, 0.4) is 0 Å². The minimum absolute atomic E-state index is 0.142. The third-order valence-corrected chi connectivity index (χ3v) is 3.38. The molecule has 0 saturated carbocycles. The van der Waals surface area contributed by atoms with Crippen LogP contribution in [0.4, 0.5) is 0 Å². The number of rotatable bonds is 6. The number of carbonyl (C=O) groups excluding carboxylic acids is 2. The summed E-state index contributed by atoms with van der Waals surface area (Å²) in [6.45, 7) is 2.12. The van der Waals surface area contributed by atoms with E-state index in [1.165, 1.54) is 0 Å². The van der Waals surface area contributed by atoms with Crippen molar-refractivity contribution in [3.63, 3.8) is 0 Å². The Labute approximate surface area is 129 Å². The number of hydrogen-bond donors (Lipinski definition) is 2. The number of aryl methyl sites for hydroxylation is 1. The Morgan fingerprint density at radius 1 is 1.27 bits per heavy atom. The zero-order valence-electron chi connectivity index (χ0n) is 12.7. The van der Waals surface area contributed by atoms with Crippen molar-refractivity contribution in [2.75, 3.05) is 7.05 Å². The molecule has 22 heavy (non-hydrogen) atoms. The Hall–Kier alpha value is -2.63. The molecule has 1 aromatic heterocycles. The predicted molar refractivity (Wildman–Crippen MR) is 83.0 cm³/mol. The van der Waals surface area contributed by atoms with Crippen LogP contribution in [0, 0.1) is 0 Å². The molecule has 0 spiro atoms. The first-order chi connectivity index (χ1) is 10.7. The summed E-state index contributed by atoms with van der Waals surface area (Å²) in [5.74, 6) is 0.359. The normalized spacial score (nSPS) is 11.7. The van der Waals surface area contributed by atoms with Crippen molar-refractivity contribution in [3.05, 3.63) is 54.1 Å². The van der Waals surface area contributed by atoms with E-state index in [2.05, 4.69) is 15.6 Å². The first-order valence-electron chi connectivity index (χ1n) is 7.21. The van der Waals surface area contributed by atoms with Crippen LogP contribution in [0.1, 0.15) is 24.4 Å². The van der Waals surface area contributed by atoms with Gasteiger partial charge in [0.05, 0.1) is 0 Å². The van der Waals surface area contributed by atoms with E-state index in [1.807, 2.05) is 37.3 Å². The summed E-state index contributed by atoms with van der Waals surface area (Å²) < 4.78 is 1.78. The molecule has 0 aliphatic rings. The Balaban J connectivity index is 2.10. The molecule has 6 heteroatoms. The average Bonchev–Trinajstić information content (AvgIpc) is 2.99. The van der Waals surface area contributed by atoms with Crippen molar-refractivity contribution in [1.29, 1.82) is 0 Å². The third kappa shape index (κ3) is 3.72. The van der Waals surface area contributed by atoms with Crippen LogP contribution in [0.5, 0.6) is 0 Å². The zero-order chi connectivity index (χ0) is 15.9. The van der Waals surface area contributed by atoms with E-state index in [-0.39, 0.29) is 18.4 Å². The number of nitrogens with zero attached hydrogens (tertiary/aromatic N) is 2. The lowest BCUT2D eigenvalue weighted by Gasteiger charge is -2.18. The second-order valence-corrected chi connectivity index (χ2v) is 4.85. The highest BCUT2D eigenvalue weighted by Gasteiger charge is 2.21. The van der Waals surface area contributed by atoms with Crippen molar-refractivity contribution in [1.82, 2.24) is 20.2 Å². The highest BCUT2D eigenvalue weighted by Crippen LogP contribution is 2.12. The third-order valence-electron chi connectivity index (χ3n) is 3.38. The van der Waals surface area contributed by atoms with E-state index in [9.17, 15) is 9.59 Å². The van der Waals surface area contributed by atoms with Gasteiger partial charge in [0.15, 0.2) is 0 Å². The number of nitrogens with one attached hydrogen (secondary N) is 2. The number of carbonyl (C=O) groups is 2. The van der Waals surface area contributed by atoms with Gasteiger partial charge in [0.25, 0.3) is 0 Å². The number of aromatic nitrogens is 2. The SMILES string of the molecule is CCc1nccn1CC(=O)N[C@@H](C(=O)NC)c1ccccc1. The Morgan fingerprint density at radius 2 is 2.00 bits per heavy atom. The summed E-state index contributed by atoms with van der Waals surface area (Å²) in [5, 5.41) is 5.35. The van der Waals surface area contributed by atoms with E-state index in [1.54, 1.807) is 24.0 Å². The monoisotopic (exact) mass is 300 g/mol. The van der Waals surface area contributed by atoms with Gasteiger partial charge in [0.1, 0.15) is 18.4 Å². The van der Waals surface area contributed by atoms with Crippen LogP contribution in [-0.4, -0.2) is 28.4 Å². The topological polar surface area (TPSA) is 76.0 Å². The van der Waals surface area contributed by atoms with Crippen molar-refractivity contribution in [3.8, 4) is 0 Å². The van der Waals surface area contributed by atoms with Crippen LogP contribution in [0.2, 0.25) is 0 Å². The summed E-state index contributed by atoms with van der Waals surface area (Å²) in [6.07, 6.45) is 4.17. The lowest BCUT2D eigenvalue weighted by Crippen LogP contribution is -2.40. The molecule has 1 heterocycles. The quantitative estimate of drug-likeness (QED) is 0.837. The molecular weight excluding hydrogens is 280 g/mol. The second kappa shape index (κ2) is 7.40. The van der Waals surface area contributed by atoms with Gasteiger partial charge in [0.2, 0.25) is 11.8 Å². The fourth-order valence-electron chi connectivity index (χ4n) is 2.25. The minimum Gasteiger partial charge on any atom is -0.357 e. The van der Waals surface area contributed by atoms with Crippen molar-refractivity contribution < 1.29 is 9.59 Å². The summed E-state index contributed by atoms with van der Waals surface area (Å²) in [6, 6.07) is 8.47. The molecule has 0 saturated heterocycles. The Bertz CT molecular complexity index is 637. The van der Waals surface area contributed by atoms with Gasteiger partial charge in [-0.1, -0.05) is 37.3 Å². The highest BCUT2D eigenvalue weighted by molar-refractivity contribution is 5.88. The summed E-state index contributed by atoms with van der Waals surface area (Å²) in [7, 11) is 1.55. The van der Waals surface area contributed by atoms with Gasteiger partial charge in [-0.3, -0.25) is 9.59 Å². The van der Waals surface area contributed by atoms with Gasteiger partial charge in [0, 0.05) is 25.9 Å². The molecule has 2 rings (SSSR count). The molecule has 6 nitrogen and oxygen atoms in total. The largest absolute Gasteiger partial charge is 0.357 e. The molecule has 0 radical (unpaired) electrons. The maximum absolute atomic E-state index is 12.2. The highest BCUT2D eigenvalue weighted by atomic mass is 16.2. The molecule has 0 aliphatic carbocycles. The smallest absolute Gasteiger partial charge is 0.246 e. The second-order valence-electron chi connectivity index (χ2n) is 4.85. The number of likely N-dealkylation sites (N-methyl/N-ethyl adjacent to an activating group) is 1. The van der Waals surface area contributed by atoms with Crippen LogP contribution >= 0.6 is 0 Å². The molecule has 116 valence electrons. The maximum atomic E-state index is 12.2. The number of benzene rings is 1. The van der Waals surface area contributed by atoms with E-state index in [0.717, 1.165) is 17.8 Å². The van der Waals surface area contributed by atoms with Crippen molar-refractivity contribution in [2.45, 2.75) is 25.9 Å². The molecule has 2 N–H and O–H groups in total. The predicted octanol–water partition coefficient (Wildman–Crippen LogP) is 1.05. The standard InChI is InChI=1S/C16H20N4O2/c1-3-13-18-9-10-20(13)11-14(21)19-15(16(22)17-2)12-7-5-4-6-8-12/h4-10,15H,3,11H2,1-2H3,(H,17,22)(H,19,21)/t15-/m1/s1. The first-order valence-corrected chi connectivity index (χ1v) is 7.21. The zero-order valence-corrected chi connectivity index (χ0v) is 12.7. The molecule has 0 unspecified atom stereocenters. The molecular formula is C16H20N4O2. The molecule has 2 amide bonds. The molecule has 2 aromatic rings. The van der Waals surface area contributed by atoms with E-state index < -0.39 is 6.04 Å². The molecule has 1 aromatic carbocycles. The Morgan fingerprint density at radius 3 is 2.64 bits per heavy atom. The van der Waals surface area contributed by atoms with E-state index in [4.69, 9.17) is 0 Å². The summed E-state index contributed by atoms with van der Waals surface area (Å²) in [5.41, 5.74) is 0.747. The fourth-order valence-corrected chi connectivity index (χ4v) is 2.25. The van der Waals surface area contributed by atoms with Gasteiger partial charge in [-0.05, 0) is 5.56 Å². The number of hydrogen-bond acceptors (Lipinski definition) is 3. The van der Waals surface area contributed by atoms with Crippen LogP contribution in [0.15, 0.2) is 42.7 Å². The van der Waals surface area contributed by atoms with Gasteiger partial charge in [-0.2, -0.15) is 0 Å².